The lowest BCUT2D eigenvalue weighted by atomic mass is 10.2. The summed E-state index contributed by atoms with van der Waals surface area (Å²) in [4.78, 5) is 8.62. The average molecular weight is 229 g/mol. The molecule has 5 nitrogen and oxygen atoms in total. The molecular weight excluding hydrogens is 214 g/mol. The van der Waals surface area contributed by atoms with Gasteiger partial charge in [0.25, 0.3) is 0 Å². The SMILES string of the molecule is CN(C)Nc1cc(N)nc(-c2ccccc2)n1. The lowest BCUT2D eigenvalue weighted by molar-refractivity contribution is 0.492. The number of nitrogens with zero attached hydrogens (tertiary/aromatic N) is 3. The van der Waals surface area contributed by atoms with E-state index in [1.807, 2.05) is 44.4 Å². The summed E-state index contributed by atoms with van der Waals surface area (Å²) >= 11 is 0. The van der Waals surface area contributed by atoms with Crippen molar-refractivity contribution in [1.29, 1.82) is 0 Å². The molecule has 0 fully saturated rings. The van der Waals surface area contributed by atoms with Gasteiger partial charge in [0.1, 0.15) is 11.6 Å². The zero-order valence-corrected chi connectivity index (χ0v) is 9.88. The van der Waals surface area contributed by atoms with Crippen molar-refractivity contribution in [1.82, 2.24) is 15.0 Å². The first kappa shape index (κ1) is 11.3. The van der Waals surface area contributed by atoms with Crippen LogP contribution in [0.3, 0.4) is 0 Å². The molecule has 2 rings (SSSR count). The number of hydrogen-bond donors (Lipinski definition) is 2. The predicted octanol–water partition coefficient (Wildman–Crippen LogP) is 1.61. The van der Waals surface area contributed by atoms with Crippen molar-refractivity contribution in [2.75, 3.05) is 25.3 Å². The molecule has 0 saturated heterocycles. The van der Waals surface area contributed by atoms with Crippen LogP contribution in [0, 0.1) is 0 Å². The van der Waals surface area contributed by atoms with Crippen molar-refractivity contribution in [3.05, 3.63) is 36.4 Å². The molecule has 1 aromatic heterocycles. The highest BCUT2D eigenvalue weighted by Gasteiger charge is 2.05. The first-order valence-electron chi connectivity index (χ1n) is 5.29. The standard InChI is InChI=1S/C12H15N5/c1-17(2)16-11-8-10(13)14-12(15-11)9-6-4-3-5-7-9/h3-8H,1-2H3,(H3,13,14,15,16). The molecule has 5 heteroatoms. The number of rotatable bonds is 3. The fourth-order valence-corrected chi connectivity index (χ4v) is 1.47. The molecule has 17 heavy (non-hydrogen) atoms. The van der Waals surface area contributed by atoms with Gasteiger partial charge in [-0.25, -0.2) is 15.0 Å². The number of anilines is 2. The maximum Gasteiger partial charge on any atom is 0.163 e. The third-order valence-electron chi connectivity index (χ3n) is 2.12. The monoisotopic (exact) mass is 229 g/mol. The molecule has 0 aliphatic heterocycles. The van der Waals surface area contributed by atoms with Crippen molar-refractivity contribution >= 4 is 11.6 Å². The molecule has 1 aromatic carbocycles. The summed E-state index contributed by atoms with van der Waals surface area (Å²) in [5, 5.41) is 1.80. The number of benzene rings is 1. The quantitative estimate of drug-likeness (QED) is 0.783. The molecule has 0 spiro atoms. The van der Waals surface area contributed by atoms with Crippen LogP contribution in [0.5, 0.6) is 0 Å². The third kappa shape index (κ3) is 2.92. The summed E-state index contributed by atoms with van der Waals surface area (Å²) in [7, 11) is 3.78. The summed E-state index contributed by atoms with van der Waals surface area (Å²) in [6.07, 6.45) is 0. The fraction of sp³-hybridized carbons (Fsp3) is 0.167. The molecule has 0 radical (unpaired) electrons. The first-order chi connectivity index (χ1) is 8.15. The van der Waals surface area contributed by atoms with E-state index in [1.54, 1.807) is 11.1 Å². The molecule has 88 valence electrons. The van der Waals surface area contributed by atoms with Gasteiger partial charge in [0.05, 0.1) is 0 Å². The smallest absolute Gasteiger partial charge is 0.163 e. The van der Waals surface area contributed by atoms with Crippen LogP contribution in [-0.4, -0.2) is 29.1 Å². The highest BCUT2D eigenvalue weighted by atomic mass is 15.5. The van der Waals surface area contributed by atoms with E-state index in [-0.39, 0.29) is 0 Å². The molecule has 3 N–H and O–H groups in total. The van der Waals surface area contributed by atoms with Crippen LogP contribution in [0.15, 0.2) is 36.4 Å². The molecule has 0 saturated carbocycles. The number of nitrogens with two attached hydrogens (primary N) is 1. The van der Waals surface area contributed by atoms with Gasteiger partial charge in [0.2, 0.25) is 0 Å². The Balaban J connectivity index is 2.38. The van der Waals surface area contributed by atoms with E-state index >= 15 is 0 Å². The number of hydrazine groups is 1. The Morgan fingerprint density at radius 1 is 1.12 bits per heavy atom. The second-order valence-electron chi connectivity index (χ2n) is 3.87. The van der Waals surface area contributed by atoms with Gasteiger partial charge < -0.3 is 11.2 Å². The van der Waals surface area contributed by atoms with E-state index in [4.69, 9.17) is 5.73 Å². The summed E-state index contributed by atoms with van der Waals surface area (Å²) in [5.74, 6) is 1.75. The Labute approximate surface area is 100 Å². The second kappa shape index (κ2) is 4.80. The van der Waals surface area contributed by atoms with Crippen LogP contribution in [0.4, 0.5) is 11.6 Å². The molecule has 0 aliphatic carbocycles. The normalized spacial score (nSPS) is 10.5. The topological polar surface area (TPSA) is 67.1 Å². The van der Waals surface area contributed by atoms with Crippen LogP contribution in [-0.2, 0) is 0 Å². The highest BCUT2D eigenvalue weighted by Crippen LogP contribution is 2.18. The van der Waals surface area contributed by atoms with Gasteiger partial charge in [0, 0.05) is 25.7 Å². The van der Waals surface area contributed by atoms with Crippen molar-refractivity contribution in [2.24, 2.45) is 0 Å². The fourth-order valence-electron chi connectivity index (χ4n) is 1.47. The number of aromatic nitrogens is 2. The van der Waals surface area contributed by atoms with Gasteiger partial charge in [0.15, 0.2) is 5.82 Å². The van der Waals surface area contributed by atoms with Crippen molar-refractivity contribution in [3.63, 3.8) is 0 Å². The Kier molecular flexibility index (Phi) is 3.20. The largest absolute Gasteiger partial charge is 0.384 e. The molecule has 0 amide bonds. The summed E-state index contributed by atoms with van der Waals surface area (Å²) in [6.45, 7) is 0. The van der Waals surface area contributed by atoms with Gasteiger partial charge in [-0.05, 0) is 0 Å². The lowest BCUT2D eigenvalue weighted by Gasteiger charge is -2.13. The maximum atomic E-state index is 5.76. The van der Waals surface area contributed by atoms with Crippen LogP contribution in [0.1, 0.15) is 0 Å². The molecule has 0 atom stereocenters. The van der Waals surface area contributed by atoms with Crippen molar-refractivity contribution in [3.8, 4) is 11.4 Å². The predicted molar refractivity (Wildman–Crippen MR) is 69.2 cm³/mol. The zero-order chi connectivity index (χ0) is 12.3. The summed E-state index contributed by atoms with van der Waals surface area (Å²) in [5.41, 5.74) is 9.77. The summed E-state index contributed by atoms with van der Waals surface area (Å²) in [6, 6.07) is 11.4. The Morgan fingerprint density at radius 2 is 1.82 bits per heavy atom. The maximum absolute atomic E-state index is 5.76. The summed E-state index contributed by atoms with van der Waals surface area (Å²) < 4.78 is 0. The highest BCUT2D eigenvalue weighted by molar-refractivity contribution is 5.59. The molecule has 2 aromatic rings. The molecule has 0 unspecified atom stereocenters. The van der Waals surface area contributed by atoms with E-state index in [0.29, 0.717) is 17.5 Å². The van der Waals surface area contributed by atoms with Gasteiger partial charge in [-0.15, -0.1) is 0 Å². The Bertz CT molecular complexity index is 496. The second-order valence-corrected chi connectivity index (χ2v) is 3.87. The zero-order valence-electron chi connectivity index (χ0n) is 9.88. The van der Waals surface area contributed by atoms with Crippen LogP contribution in [0.2, 0.25) is 0 Å². The van der Waals surface area contributed by atoms with Gasteiger partial charge in [-0.2, -0.15) is 0 Å². The molecule has 0 bridgehead atoms. The van der Waals surface area contributed by atoms with E-state index in [0.717, 1.165) is 5.56 Å². The Hall–Kier alpha value is -2.14. The van der Waals surface area contributed by atoms with Crippen LogP contribution >= 0.6 is 0 Å². The van der Waals surface area contributed by atoms with E-state index in [2.05, 4.69) is 15.4 Å². The van der Waals surface area contributed by atoms with Crippen LogP contribution < -0.4 is 11.2 Å². The molecular formula is C12H15N5. The first-order valence-corrected chi connectivity index (χ1v) is 5.29. The molecule has 0 aliphatic rings. The van der Waals surface area contributed by atoms with Gasteiger partial charge in [-0.1, -0.05) is 30.3 Å². The minimum Gasteiger partial charge on any atom is -0.384 e. The Morgan fingerprint density at radius 3 is 2.47 bits per heavy atom. The molecule has 1 heterocycles. The minimum absolute atomic E-state index is 0.447. The number of nitrogens with one attached hydrogen (secondary N) is 1. The van der Waals surface area contributed by atoms with Crippen LogP contribution in [0.25, 0.3) is 11.4 Å². The van der Waals surface area contributed by atoms with E-state index in [9.17, 15) is 0 Å². The lowest BCUT2D eigenvalue weighted by Crippen LogP contribution is -2.20. The average Bonchev–Trinajstić information content (AvgIpc) is 2.28. The minimum atomic E-state index is 0.447. The van der Waals surface area contributed by atoms with E-state index < -0.39 is 0 Å². The van der Waals surface area contributed by atoms with E-state index in [1.165, 1.54) is 0 Å². The third-order valence-corrected chi connectivity index (χ3v) is 2.12. The van der Waals surface area contributed by atoms with Crippen molar-refractivity contribution in [2.45, 2.75) is 0 Å². The van der Waals surface area contributed by atoms with Gasteiger partial charge >= 0.3 is 0 Å². The van der Waals surface area contributed by atoms with Crippen molar-refractivity contribution < 1.29 is 0 Å². The number of nitrogen functional groups attached to an aromatic ring is 1. The number of hydrogen-bond acceptors (Lipinski definition) is 5. The van der Waals surface area contributed by atoms with Gasteiger partial charge in [-0.3, -0.25) is 0 Å².